The highest BCUT2D eigenvalue weighted by Gasteiger charge is 2.26. The number of nitriles is 1. The van der Waals surface area contributed by atoms with Gasteiger partial charge in [0.25, 0.3) is 0 Å². The van der Waals surface area contributed by atoms with E-state index in [1.807, 2.05) is 25.1 Å². The first-order valence-corrected chi connectivity index (χ1v) is 13.4. The maximum Gasteiger partial charge on any atom is 0.238 e. The molecule has 34 heavy (non-hydrogen) atoms. The summed E-state index contributed by atoms with van der Waals surface area (Å²) >= 11 is 2.87. The van der Waals surface area contributed by atoms with Gasteiger partial charge in [-0.3, -0.25) is 4.79 Å². The van der Waals surface area contributed by atoms with Crippen molar-refractivity contribution in [2.45, 2.75) is 69.3 Å². The van der Waals surface area contributed by atoms with Gasteiger partial charge in [-0.1, -0.05) is 36.9 Å². The summed E-state index contributed by atoms with van der Waals surface area (Å²) in [6, 6.07) is 10.6. The van der Waals surface area contributed by atoms with Gasteiger partial charge in [0.05, 0.1) is 16.3 Å². The van der Waals surface area contributed by atoms with Crippen molar-refractivity contribution in [3.05, 3.63) is 40.3 Å². The molecule has 3 aromatic heterocycles. The van der Waals surface area contributed by atoms with Crippen LogP contribution in [0, 0.1) is 11.3 Å². The number of aryl methyl sites for hydroxylation is 1. The number of amides is 1. The van der Waals surface area contributed by atoms with Crippen molar-refractivity contribution in [2.24, 2.45) is 0 Å². The van der Waals surface area contributed by atoms with Crippen LogP contribution in [-0.4, -0.2) is 30.9 Å². The molecule has 0 bridgehead atoms. The number of para-hydroxylation sites is 1. The minimum atomic E-state index is -0.387. The van der Waals surface area contributed by atoms with Crippen molar-refractivity contribution in [1.29, 1.82) is 5.26 Å². The van der Waals surface area contributed by atoms with E-state index in [0.717, 1.165) is 53.3 Å². The maximum absolute atomic E-state index is 13.2. The topological polar surface area (TPSA) is 96.5 Å². The van der Waals surface area contributed by atoms with Gasteiger partial charge in [0, 0.05) is 16.3 Å². The summed E-state index contributed by atoms with van der Waals surface area (Å²) < 4.78 is 2.17. The summed E-state index contributed by atoms with van der Waals surface area (Å²) in [6.45, 7) is 6.21. The van der Waals surface area contributed by atoms with Gasteiger partial charge >= 0.3 is 0 Å². The summed E-state index contributed by atoms with van der Waals surface area (Å²) in [5.74, 6) is -0.129. The first-order valence-electron chi connectivity index (χ1n) is 11.7. The largest absolute Gasteiger partial charge is 0.321 e. The molecule has 0 saturated heterocycles. The molecule has 0 spiro atoms. The molecule has 0 aliphatic heterocycles. The molecule has 9 heteroatoms. The number of hydrogen-bond acceptors (Lipinski definition) is 7. The zero-order valence-electron chi connectivity index (χ0n) is 19.5. The SMILES string of the molecule is CC[C@H](Sc1nnc2c3ccccc3n(C(C)C)c2n1)C(=O)Nc1sc2c(c1C#N)CCCC2. The van der Waals surface area contributed by atoms with Crippen molar-refractivity contribution in [3.8, 4) is 6.07 Å². The lowest BCUT2D eigenvalue weighted by Crippen LogP contribution is -2.25. The standard InChI is InChI=1S/C25H26N6OS2/c1-4-19(23(32)28-24-17(13-26)15-9-6-8-12-20(15)33-24)34-25-27-22-21(29-30-25)16-10-5-7-11-18(16)31(22)14(2)3/h5,7,10-11,14,19H,4,6,8-9,12H2,1-3H3,(H,28,32)/t19-/m0/s1. The Morgan fingerprint density at radius 2 is 2.06 bits per heavy atom. The molecule has 0 saturated carbocycles. The molecule has 1 N–H and O–H groups in total. The molecular weight excluding hydrogens is 464 g/mol. The monoisotopic (exact) mass is 490 g/mol. The smallest absolute Gasteiger partial charge is 0.238 e. The first-order chi connectivity index (χ1) is 16.5. The highest BCUT2D eigenvalue weighted by Crippen LogP contribution is 2.38. The van der Waals surface area contributed by atoms with Crippen LogP contribution in [0.1, 0.15) is 62.1 Å². The van der Waals surface area contributed by atoms with Crippen molar-refractivity contribution >= 4 is 56.1 Å². The second kappa shape index (κ2) is 9.35. The Kier molecular flexibility index (Phi) is 6.28. The predicted molar refractivity (Wildman–Crippen MR) is 137 cm³/mol. The van der Waals surface area contributed by atoms with E-state index in [-0.39, 0.29) is 17.2 Å². The number of hydrogen-bond donors (Lipinski definition) is 1. The van der Waals surface area contributed by atoms with Crippen molar-refractivity contribution in [1.82, 2.24) is 19.7 Å². The minimum Gasteiger partial charge on any atom is -0.321 e. The van der Waals surface area contributed by atoms with E-state index in [4.69, 9.17) is 4.98 Å². The fourth-order valence-electron chi connectivity index (χ4n) is 4.63. The van der Waals surface area contributed by atoms with Gasteiger partial charge in [0.1, 0.15) is 16.6 Å². The highest BCUT2D eigenvalue weighted by molar-refractivity contribution is 8.00. The van der Waals surface area contributed by atoms with Crippen LogP contribution in [0.4, 0.5) is 5.00 Å². The average Bonchev–Trinajstić information content (AvgIpc) is 3.36. The Morgan fingerprint density at radius 3 is 2.82 bits per heavy atom. The molecule has 5 rings (SSSR count). The summed E-state index contributed by atoms with van der Waals surface area (Å²) in [6.07, 6.45) is 4.75. The Balaban J connectivity index is 1.43. The maximum atomic E-state index is 13.2. The normalized spacial score (nSPS) is 14.3. The molecule has 1 aliphatic carbocycles. The highest BCUT2D eigenvalue weighted by atomic mass is 32.2. The number of carbonyl (C=O) groups excluding carboxylic acids is 1. The van der Waals surface area contributed by atoms with E-state index in [9.17, 15) is 10.1 Å². The molecule has 3 heterocycles. The van der Waals surface area contributed by atoms with Gasteiger partial charge in [-0.05, 0) is 57.6 Å². The number of anilines is 1. The molecule has 7 nitrogen and oxygen atoms in total. The third kappa shape index (κ3) is 3.95. The Hall–Kier alpha value is -2.96. The molecule has 174 valence electrons. The van der Waals surface area contributed by atoms with Crippen LogP contribution in [0.2, 0.25) is 0 Å². The average molecular weight is 491 g/mol. The van der Waals surface area contributed by atoms with E-state index in [2.05, 4.69) is 46.1 Å². The van der Waals surface area contributed by atoms with Crippen LogP contribution < -0.4 is 5.32 Å². The second-order valence-electron chi connectivity index (χ2n) is 8.78. The van der Waals surface area contributed by atoms with E-state index in [1.54, 1.807) is 11.3 Å². The summed E-state index contributed by atoms with van der Waals surface area (Å²) in [5.41, 5.74) is 4.38. The number of fused-ring (bicyclic) bond motifs is 4. The number of benzene rings is 1. The summed E-state index contributed by atoms with van der Waals surface area (Å²) in [5, 5.41) is 23.4. The zero-order valence-corrected chi connectivity index (χ0v) is 21.1. The molecule has 0 radical (unpaired) electrons. The minimum absolute atomic E-state index is 0.129. The fraction of sp³-hybridized carbons (Fsp3) is 0.400. The van der Waals surface area contributed by atoms with Crippen molar-refractivity contribution in [2.75, 3.05) is 5.32 Å². The molecule has 4 aromatic rings. The summed E-state index contributed by atoms with van der Waals surface area (Å²) in [4.78, 5) is 19.2. The Morgan fingerprint density at radius 1 is 1.26 bits per heavy atom. The lowest BCUT2D eigenvalue weighted by atomic mass is 9.96. The van der Waals surface area contributed by atoms with Gasteiger partial charge in [0.2, 0.25) is 11.1 Å². The second-order valence-corrected chi connectivity index (χ2v) is 11.1. The third-order valence-electron chi connectivity index (χ3n) is 6.24. The van der Waals surface area contributed by atoms with Crippen LogP contribution in [0.15, 0.2) is 29.4 Å². The van der Waals surface area contributed by atoms with Crippen LogP contribution in [-0.2, 0) is 17.6 Å². The zero-order chi connectivity index (χ0) is 23.8. The third-order valence-corrected chi connectivity index (χ3v) is 8.67. The van der Waals surface area contributed by atoms with Crippen molar-refractivity contribution in [3.63, 3.8) is 0 Å². The van der Waals surface area contributed by atoms with Gasteiger partial charge in [0.15, 0.2) is 5.65 Å². The number of thioether (sulfide) groups is 1. The molecule has 1 aromatic carbocycles. The van der Waals surface area contributed by atoms with Crippen LogP contribution in [0.3, 0.4) is 0 Å². The van der Waals surface area contributed by atoms with Gasteiger partial charge < -0.3 is 9.88 Å². The molecule has 1 atom stereocenters. The van der Waals surface area contributed by atoms with Crippen LogP contribution in [0.25, 0.3) is 22.1 Å². The van der Waals surface area contributed by atoms with Crippen LogP contribution >= 0.6 is 23.1 Å². The van der Waals surface area contributed by atoms with Crippen LogP contribution in [0.5, 0.6) is 0 Å². The lowest BCUT2D eigenvalue weighted by molar-refractivity contribution is -0.115. The van der Waals surface area contributed by atoms with E-state index in [0.29, 0.717) is 22.1 Å². The Bertz CT molecular complexity index is 1430. The quantitative estimate of drug-likeness (QED) is 0.339. The van der Waals surface area contributed by atoms with E-state index < -0.39 is 0 Å². The number of nitrogens with zero attached hydrogens (tertiary/aromatic N) is 5. The van der Waals surface area contributed by atoms with E-state index in [1.165, 1.54) is 16.6 Å². The number of thiophene rings is 1. The first kappa shape index (κ1) is 22.8. The van der Waals surface area contributed by atoms with E-state index >= 15 is 0 Å². The fourth-order valence-corrected chi connectivity index (χ4v) is 6.69. The lowest BCUT2D eigenvalue weighted by Gasteiger charge is -2.14. The molecule has 1 amide bonds. The molecule has 0 unspecified atom stereocenters. The molecular formula is C25H26N6OS2. The van der Waals surface area contributed by atoms with Crippen molar-refractivity contribution < 1.29 is 4.79 Å². The van der Waals surface area contributed by atoms with Gasteiger partial charge in [-0.25, -0.2) is 4.98 Å². The molecule has 1 aliphatic rings. The van der Waals surface area contributed by atoms with Gasteiger partial charge in [-0.15, -0.1) is 21.5 Å². The number of aromatic nitrogens is 4. The number of rotatable bonds is 6. The number of carbonyl (C=O) groups is 1. The number of nitrogens with one attached hydrogen (secondary N) is 1. The Labute approximate surface area is 206 Å². The van der Waals surface area contributed by atoms with Gasteiger partial charge in [-0.2, -0.15) is 5.26 Å². The predicted octanol–water partition coefficient (Wildman–Crippen LogP) is 5.88. The summed E-state index contributed by atoms with van der Waals surface area (Å²) in [7, 11) is 0. The molecule has 0 fully saturated rings.